The second-order valence-electron chi connectivity index (χ2n) is 7.16. The molecule has 0 amide bonds. The number of anilines is 2. The zero-order chi connectivity index (χ0) is 16.5. The Hall–Kier alpha value is -0.730. The molecule has 0 saturated heterocycles. The first-order chi connectivity index (χ1) is 11.7. The molecule has 2 heterocycles. The van der Waals surface area contributed by atoms with Gasteiger partial charge in [0.05, 0.1) is 6.33 Å². The van der Waals surface area contributed by atoms with Crippen LogP contribution in [-0.2, 0) is 0 Å². The number of rotatable bonds is 4. The van der Waals surface area contributed by atoms with E-state index in [0.717, 1.165) is 42.7 Å². The van der Waals surface area contributed by atoms with Crippen molar-refractivity contribution in [2.24, 2.45) is 5.73 Å². The van der Waals surface area contributed by atoms with Crippen LogP contribution in [-0.4, -0.2) is 38.7 Å². The van der Waals surface area contributed by atoms with Gasteiger partial charge in [0.15, 0.2) is 17.0 Å². The Bertz CT molecular complexity index is 713. The lowest BCUT2D eigenvalue weighted by atomic mass is 9.92. The third kappa shape index (κ3) is 5.66. The number of imidazole rings is 1. The van der Waals surface area contributed by atoms with Gasteiger partial charge in [-0.3, -0.25) is 0 Å². The number of nitrogens with zero attached hydrogens (tertiary/aromatic N) is 4. The van der Waals surface area contributed by atoms with Gasteiger partial charge in [-0.05, 0) is 38.5 Å². The minimum absolute atomic E-state index is 0. The van der Waals surface area contributed by atoms with Crippen LogP contribution in [0.5, 0.6) is 0 Å². The summed E-state index contributed by atoms with van der Waals surface area (Å²) in [5.41, 5.74) is 7.81. The molecular weight excluding hydrogens is 444 g/mol. The van der Waals surface area contributed by atoms with Gasteiger partial charge in [-0.2, -0.15) is 9.97 Å². The molecule has 0 atom stereocenters. The van der Waals surface area contributed by atoms with Crippen molar-refractivity contribution in [1.29, 1.82) is 0 Å². The standard InChI is InChI=1S/C17H27N7.4ClH/c1-19-15-14-16(24(10-20-14)13-4-2-3-5-13)23-17(22-15)21-12-8-6-11(18)7-9-12;;;;/h10-13H,2-9,18H2,1H3,(H2,19,21,22,23);4*1H. The number of nitrogens with two attached hydrogens (primary N) is 1. The molecule has 162 valence electrons. The molecule has 0 spiro atoms. The van der Waals surface area contributed by atoms with Crippen molar-refractivity contribution in [3.8, 4) is 0 Å². The van der Waals surface area contributed by atoms with Gasteiger partial charge in [0.25, 0.3) is 0 Å². The summed E-state index contributed by atoms with van der Waals surface area (Å²) in [5.74, 6) is 1.50. The van der Waals surface area contributed by atoms with Gasteiger partial charge in [0, 0.05) is 25.2 Å². The molecule has 0 aromatic carbocycles. The Balaban J connectivity index is 0.00000182. The Morgan fingerprint density at radius 2 is 1.61 bits per heavy atom. The van der Waals surface area contributed by atoms with Crippen LogP contribution in [0.25, 0.3) is 11.2 Å². The SMILES string of the molecule is CNc1nc(NC2CCC(N)CC2)nc2c1ncn2C1CCCC1.Cl.Cl.Cl.Cl. The number of hydrogen-bond acceptors (Lipinski definition) is 6. The first kappa shape index (κ1) is 27.3. The summed E-state index contributed by atoms with van der Waals surface area (Å²) in [6, 6.07) is 1.29. The highest BCUT2D eigenvalue weighted by molar-refractivity contribution is 5.86. The number of halogens is 4. The van der Waals surface area contributed by atoms with E-state index in [0.29, 0.717) is 24.1 Å². The van der Waals surface area contributed by atoms with Gasteiger partial charge < -0.3 is 20.9 Å². The predicted molar refractivity (Wildman–Crippen MR) is 125 cm³/mol. The summed E-state index contributed by atoms with van der Waals surface area (Å²) in [6.45, 7) is 0. The summed E-state index contributed by atoms with van der Waals surface area (Å²) >= 11 is 0. The first-order valence-electron chi connectivity index (χ1n) is 9.19. The van der Waals surface area contributed by atoms with E-state index in [-0.39, 0.29) is 49.6 Å². The fraction of sp³-hybridized carbons (Fsp3) is 0.706. The zero-order valence-electron chi connectivity index (χ0n) is 16.0. The summed E-state index contributed by atoms with van der Waals surface area (Å²) in [4.78, 5) is 14.0. The third-order valence-electron chi connectivity index (χ3n) is 5.48. The Morgan fingerprint density at radius 1 is 0.964 bits per heavy atom. The maximum atomic E-state index is 6.01. The lowest BCUT2D eigenvalue weighted by Gasteiger charge is -2.26. The molecule has 2 saturated carbocycles. The molecule has 2 fully saturated rings. The number of nitrogens with one attached hydrogen (secondary N) is 2. The summed E-state index contributed by atoms with van der Waals surface area (Å²) in [7, 11) is 1.89. The molecule has 0 unspecified atom stereocenters. The van der Waals surface area contributed by atoms with E-state index in [1.54, 1.807) is 0 Å². The van der Waals surface area contributed by atoms with Crippen LogP contribution in [0.3, 0.4) is 0 Å². The molecule has 0 aliphatic heterocycles. The highest BCUT2D eigenvalue weighted by Crippen LogP contribution is 2.33. The molecule has 2 aromatic heterocycles. The van der Waals surface area contributed by atoms with Crippen molar-refractivity contribution < 1.29 is 0 Å². The molecule has 4 N–H and O–H groups in total. The van der Waals surface area contributed by atoms with Gasteiger partial charge in [-0.1, -0.05) is 12.8 Å². The maximum Gasteiger partial charge on any atom is 0.227 e. The number of aromatic nitrogens is 4. The summed E-state index contributed by atoms with van der Waals surface area (Å²) in [6.07, 6.45) is 11.3. The molecule has 11 heteroatoms. The minimum Gasteiger partial charge on any atom is -0.371 e. The van der Waals surface area contributed by atoms with E-state index in [1.165, 1.54) is 25.7 Å². The molecule has 0 bridgehead atoms. The monoisotopic (exact) mass is 473 g/mol. The van der Waals surface area contributed by atoms with Crippen LogP contribution < -0.4 is 16.4 Å². The van der Waals surface area contributed by atoms with E-state index in [9.17, 15) is 0 Å². The molecule has 0 radical (unpaired) electrons. The normalized spacial score (nSPS) is 21.6. The highest BCUT2D eigenvalue weighted by Gasteiger charge is 2.23. The lowest BCUT2D eigenvalue weighted by Crippen LogP contribution is -2.33. The third-order valence-corrected chi connectivity index (χ3v) is 5.48. The predicted octanol–water partition coefficient (Wildman–Crippen LogP) is 4.35. The van der Waals surface area contributed by atoms with Crippen LogP contribution in [0.4, 0.5) is 11.8 Å². The molecule has 28 heavy (non-hydrogen) atoms. The molecule has 2 aliphatic rings. The first-order valence-corrected chi connectivity index (χ1v) is 9.19. The molecule has 2 aliphatic carbocycles. The second-order valence-corrected chi connectivity index (χ2v) is 7.16. The Labute approximate surface area is 191 Å². The lowest BCUT2D eigenvalue weighted by molar-refractivity contribution is 0.410. The Morgan fingerprint density at radius 3 is 2.21 bits per heavy atom. The second kappa shape index (κ2) is 12.1. The van der Waals surface area contributed by atoms with Crippen LogP contribution in [0, 0.1) is 0 Å². The average Bonchev–Trinajstić information content (AvgIpc) is 3.25. The van der Waals surface area contributed by atoms with E-state index < -0.39 is 0 Å². The Kier molecular flexibility index (Phi) is 11.8. The largest absolute Gasteiger partial charge is 0.371 e. The minimum atomic E-state index is 0. The fourth-order valence-corrected chi connectivity index (χ4v) is 4.05. The van der Waals surface area contributed by atoms with Gasteiger partial charge >= 0.3 is 0 Å². The molecule has 4 rings (SSSR count). The van der Waals surface area contributed by atoms with Crippen molar-refractivity contribution in [1.82, 2.24) is 19.5 Å². The van der Waals surface area contributed by atoms with E-state index in [4.69, 9.17) is 10.7 Å². The van der Waals surface area contributed by atoms with Crippen molar-refractivity contribution in [3.05, 3.63) is 6.33 Å². The van der Waals surface area contributed by atoms with Crippen molar-refractivity contribution in [3.63, 3.8) is 0 Å². The van der Waals surface area contributed by atoms with E-state index in [1.807, 2.05) is 13.4 Å². The molecule has 7 nitrogen and oxygen atoms in total. The topological polar surface area (TPSA) is 93.7 Å². The van der Waals surface area contributed by atoms with Crippen molar-refractivity contribution >= 4 is 72.6 Å². The van der Waals surface area contributed by atoms with Crippen LogP contribution in [0.2, 0.25) is 0 Å². The zero-order valence-corrected chi connectivity index (χ0v) is 19.2. The number of fused-ring (bicyclic) bond motifs is 1. The van der Waals surface area contributed by atoms with Gasteiger partial charge in [-0.15, -0.1) is 49.6 Å². The highest BCUT2D eigenvalue weighted by atomic mass is 35.5. The molecule has 2 aromatic rings. The van der Waals surface area contributed by atoms with E-state index in [2.05, 4.69) is 25.2 Å². The maximum absolute atomic E-state index is 6.01. The fourth-order valence-electron chi connectivity index (χ4n) is 4.05. The van der Waals surface area contributed by atoms with Crippen molar-refractivity contribution in [2.45, 2.75) is 69.5 Å². The van der Waals surface area contributed by atoms with E-state index >= 15 is 0 Å². The van der Waals surface area contributed by atoms with Crippen LogP contribution in [0.1, 0.15) is 57.4 Å². The quantitative estimate of drug-likeness (QED) is 0.609. The average molecular weight is 475 g/mol. The van der Waals surface area contributed by atoms with Gasteiger partial charge in [0.1, 0.15) is 0 Å². The smallest absolute Gasteiger partial charge is 0.227 e. The van der Waals surface area contributed by atoms with Gasteiger partial charge in [-0.25, -0.2) is 4.98 Å². The van der Waals surface area contributed by atoms with Crippen LogP contribution >= 0.6 is 49.6 Å². The molecular formula is C17H31Cl4N7. The number of hydrogen-bond donors (Lipinski definition) is 3. The van der Waals surface area contributed by atoms with Gasteiger partial charge in [0.2, 0.25) is 5.95 Å². The van der Waals surface area contributed by atoms with Crippen molar-refractivity contribution in [2.75, 3.05) is 17.7 Å². The summed E-state index contributed by atoms with van der Waals surface area (Å²) < 4.78 is 2.24. The summed E-state index contributed by atoms with van der Waals surface area (Å²) in [5, 5.41) is 6.69. The van der Waals surface area contributed by atoms with Crippen LogP contribution in [0.15, 0.2) is 6.33 Å².